The van der Waals surface area contributed by atoms with Crippen LogP contribution in [0, 0.1) is 12.0 Å². The normalized spacial score (nSPS) is 8.00. The predicted molar refractivity (Wildman–Crippen MR) is 41.9 cm³/mol. The fraction of sp³-hybridized carbons (Fsp3) is 0. The molecule has 1 rings (SSSR count). The summed E-state index contributed by atoms with van der Waals surface area (Å²) in [5.74, 6) is 2.71. The van der Waals surface area contributed by atoms with Gasteiger partial charge in [-0.2, -0.15) is 0 Å². The molecule has 1 aromatic rings. The molecule has 4 N–H and O–H groups in total. The quantitative estimate of drug-likeness (QED) is 0.307. The van der Waals surface area contributed by atoms with Crippen LogP contribution in [0.25, 0.3) is 0 Å². The van der Waals surface area contributed by atoms with Gasteiger partial charge < -0.3 is 11.5 Å². The molecule has 1 aromatic carbocycles. The van der Waals surface area contributed by atoms with Crippen LogP contribution < -0.4 is 11.5 Å². The van der Waals surface area contributed by atoms with Gasteiger partial charge in [0, 0.05) is 17.3 Å². The zero-order valence-electron chi connectivity index (χ0n) is 5.46. The molecule has 0 bridgehead atoms. The molecule has 0 saturated carbocycles. The second kappa shape index (κ2) is 2.79. The maximum atomic E-state index is 5.44. The van der Waals surface area contributed by atoms with Gasteiger partial charge in [-0.25, -0.2) is 0 Å². The number of rotatable bonds is 0. The van der Waals surface area contributed by atoms with Gasteiger partial charge in [0.05, 0.1) is 0 Å². The van der Waals surface area contributed by atoms with Crippen LogP contribution >= 0.6 is 0 Å². The van der Waals surface area contributed by atoms with E-state index >= 15 is 0 Å². The van der Waals surface area contributed by atoms with Gasteiger partial charge in [0.15, 0.2) is 0 Å². The second-order valence-electron chi connectivity index (χ2n) is 1.89. The Morgan fingerprint density at radius 2 is 1.70 bits per heavy atom. The Labute approximate surface area is 59.8 Å². The maximum Gasteiger partial charge on any atom is 0.0314 e. The zero-order valence-corrected chi connectivity index (χ0v) is 5.46. The molecule has 50 valence electrons. The van der Waals surface area contributed by atoms with Crippen molar-refractivity contribution in [3.05, 3.63) is 29.8 Å². The van der Waals surface area contributed by atoms with Crippen LogP contribution in [-0.2, 0) is 0 Å². The van der Waals surface area contributed by atoms with E-state index in [1.54, 1.807) is 12.1 Å². The lowest BCUT2D eigenvalue weighted by atomic mass is 10.2. The third-order valence-electron chi connectivity index (χ3n) is 1.13. The lowest BCUT2D eigenvalue weighted by Crippen LogP contribution is -1.84. The van der Waals surface area contributed by atoms with Crippen molar-refractivity contribution in [2.24, 2.45) is 5.73 Å². The van der Waals surface area contributed by atoms with Crippen LogP contribution in [0.5, 0.6) is 0 Å². The summed E-state index contributed by atoms with van der Waals surface area (Å²) in [6.07, 6.45) is 0. The monoisotopic (exact) mass is 132 g/mol. The zero-order chi connectivity index (χ0) is 7.40. The minimum atomic E-state index is 0.738. The smallest absolute Gasteiger partial charge is 0.0314 e. The van der Waals surface area contributed by atoms with Gasteiger partial charge >= 0.3 is 0 Å². The lowest BCUT2D eigenvalue weighted by molar-refractivity contribution is 1.62. The molecule has 0 unspecified atom stereocenters. The number of hydrogen-bond donors (Lipinski definition) is 2. The fourth-order valence-electron chi connectivity index (χ4n) is 0.650. The number of nitrogen functional groups attached to an aromatic ring is 1. The molecule has 2 nitrogen and oxygen atoms in total. The fourth-order valence-corrected chi connectivity index (χ4v) is 0.650. The first kappa shape index (κ1) is 6.50. The first-order valence-electron chi connectivity index (χ1n) is 2.90. The molecule has 2 heteroatoms. The van der Waals surface area contributed by atoms with Crippen LogP contribution in [0.2, 0.25) is 0 Å². The van der Waals surface area contributed by atoms with E-state index in [0.717, 1.165) is 11.3 Å². The summed E-state index contributed by atoms with van der Waals surface area (Å²) in [4.78, 5) is 0. The Morgan fingerprint density at radius 1 is 1.10 bits per heavy atom. The first-order chi connectivity index (χ1) is 4.83. The molecule has 0 aliphatic heterocycles. The van der Waals surface area contributed by atoms with Gasteiger partial charge in [-0.15, -0.1) is 0 Å². The molecule has 0 amide bonds. The highest BCUT2D eigenvalue weighted by Crippen LogP contribution is 2.02. The summed E-state index contributed by atoms with van der Waals surface area (Å²) in [5.41, 5.74) is 12.1. The molecule has 0 fully saturated rings. The second-order valence-corrected chi connectivity index (χ2v) is 1.89. The number of benzene rings is 1. The summed E-state index contributed by atoms with van der Waals surface area (Å²) in [7, 11) is 0. The average molecular weight is 132 g/mol. The molecule has 0 saturated heterocycles. The summed E-state index contributed by atoms with van der Waals surface area (Å²) >= 11 is 0. The van der Waals surface area contributed by atoms with Gasteiger partial charge in [-0.1, -0.05) is 0 Å². The van der Waals surface area contributed by atoms with E-state index in [2.05, 4.69) is 12.0 Å². The lowest BCUT2D eigenvalue weighted by Gasteiger charge is -1.90. The van der Waals surface area contributed by atoms with E-state index in [-0.39, 0.29) is 0 Å². The number of nitrogens with two attached hydrogens (primary N) is 2. The van der Waals surface area contributed by atoms with Crippen LogP contribution in [0.3, 0.4) is 0 Å². The van der Waals surface area contributed by atoms with Crippen molar-refractivity contribution >= 4 is 5.69 Å². The Morgan fingerprint density at radius 3 is 2.20 bits per heavy atom. The highest BCUT2D eigenvalue weighted by Gasteiger charge is 1.84. The van der Waals surface area contributed by atoms with Crippen molar-refractivity contribution in [2.45, 2.75) is 0 Å². The van der Waals surface area contributed by atoms with Crippen LogP contribution in [0.1, 0.15) is 5.56 Å². The summed E-state index contributed by atoms with van der Waals surface area (Å²) < 4.78 is 0. The molecule has 0 aliphatic carbocycles. The molecule has 0 aromatic heterocycles. The Balaban J connectivity index is 2.97. The van der Waals surface area contributed by atoms with Crippen molar-refractivity contribution < 1.29 is 0 Å². The third kappa shape index (κ3) is 1.43. The number of anilines is 1. The van der Waals surface area contributed by atoms with Gasteiger partial charge in [0.1, 0.15) is 0 Å². The van der Waals surface area contributed by atoms with Crippen LogP contribution in [0.4, 0.5) is 5.69 Å². The molecule has 0 atom stereocenters. The van der Waals surface area contributed by atoms with E-state index in [1.165, 1.54) is 0 Å². The number of hydrogen-bond acceptors (Lipinski definition) is 2. The van der Waals surface area contributed by atoms with E-state index in [0.29, 0.717) is 0 Å². The summed E-state index contributed by atoms with van der Waals surface area (Å²) in [6, 6.07) is 9.55. The summed E-state index contributed by atoms with van der Waals surface area (Å²) in [5, 5.41) is 0. The topological polar surface area (TPSA) is 52.0 Å². The maximum absolute atomic E-state index is 5.44. The first-order valence-corrected chi connectivity index (χ1v) is 2.90. The molecular formula is C8H8N2. The molecule has 10 heavy (non-hydrogen) atoms. The van der Waals surface area contributed by atoms with E-state index in [1.807, 2.05) is 12.1 Å². The Bertz CT molecular complexity index is 264. The van der Waals surface area contributed by atoms with Crippen molar-refractivity contribution in [2.75, 3.05) is 5.73 Å². The third-order valence-corrected chi connectivity index (χ3v) is 1.13. The van der Waals surface area contributed by atoms with Gasteiger partial charge in [-0.3, -0.25) is 0 Å². The molecule has 0 aliphatic rings. The van der Waals surface area contributed by atoms with Crippen LogP contribution in [-0.4, -0.2) is 0 Å². The van der Waals surface area contributed by atoms with Crippen molar-refractivity contribution in [1.29, 1.82) is 0 Å². The largest absolute Gasteiger partial charge is 0.399 e. The highest BCUT2D eigenvalue weighted by atomic mass is 14.5. The van der Waals surface area contributed by atoms with Gasteiger partial charge in [0.2, 0.25) is 0 Å². The Hall–Kier alpha value is -1.62. The van der Waals surface area contributed by atoms with Crippen molar-refractivity contribution in [3.63, 3.8) is 0 Å². The molecular weight excluding hydrogens is 124 g/mol. The van der Waals surface area contributed by atoms with Crippen LogP contribution in [0.15, 0.2) is 24.3 Å². The molecule has 0 radical (unpaired) electrons. The summed E-state index contributed by atoms with van der Waals surface area (Å²) in [6.45, 7) is 0. The van der Waals surface area contributed by atoms with E-state index in [4.69, 9.17) is 11.5 Å². The minimum absolute atomic E-state index is 0.738. The molecule has 0 heterocycles. The predicted octanol–water partition coefficient (Wildman–Crippen LogP) is 0.537. The Kier molecular flexibility index (Phi) is 1.81. The van der Waals surface area contributed by atoms with Crippen molar-refractivity contribution in [1.82, 2.24) is 0 Å². The standard InChI is InChI=1S/C8H8N2/c9-6-5-7-1-3-8(10)4-2-7/h1-4H,9-10H2. The van der Waals surface area contributed by atoms with E-state index in [9.17, 15) is 0 Å². The minimum Gasteiger partial charge on any atom is -0.399 e. The SMILES string of the molecule is NC#Cc1ccc(N)cc1. The highest BCUT2D eigenvalue weighted by molar-refractivity contribution is 5.44. The molecule has 0 spiro atoms. The average Bonchev–Trinajstić information content (AvgIpc) is 1.95. The van der Waals surface area contributed by atoms with E-state index < -0.39 is 0 Å². The van der Waals surface area contributed by atoms with Crippen molar-refractivity contribution in [3.8, 4) is 12.0 Å². The van der Waals surface area contributed by atoms with Gasteiger partial charge in [-0.05, 0) is 30.2 Å². The van der Waals surface area contributed by atoms with Gasteiger partial charge in [0.25, 0.3) is 0 Å².